The van der Waals surface area contributed by atoms with Gasteiger partial charge in [-0.15, -0.1) is 5.10 Å². The molecule has 0 saturated carbocycles. The van der Waals surface area contributed by atoms with Crippen LogP contribution in [0.15, 0.2) is 33.3 Å². The highest BCUT2D eigenvalue weighted by atomic mass is 32.2. The SMILES string of the molecule is CCNC(C)c1ccc(Sc2n[nH]c(=O)n2C(C)C)nc1. The van der Waals surface area contributed by atoms with E-state index in [1.165, 1.54) is 11.8 Å². The number of nitrogens with zero attached hydrogens (tertiary/aromatic N) is 3. The zero-order valence-electron chi connectivity index (χ0n) is 12.8. The molecule has 2 aromatic heterocycles. The molecule has 0 aliphatic rings. The first-order chi connectivity index (χ1) is 10.0. The molecule has 0 saturated heterocycles. The van der Waals surface area contributed by atoms with E-state index in [2.05, 4.69) is 34.3 Å². The molecule has 6 nitrogen and oxygen atoms in total. The first kappa shape index (κ1) is 15.8. The average molecular weight is 307 g/mol. The van der Waals surface area contributed by atoms with Crippen molar-refractivity contribution in [1.29, 1.82) is 0 Å². The number of aromatic amines is 1. The second-order valence-electron chi connectivity index (χ2n) is 5.09. The Balaban J connectivity index is 2.16. The summed E-state index contributed by atoms with van der Waals surface area (Å²) in [5.74, 6) is 0. The lowest BCUT2D eigenvalue weighted by atomic mass is 10.1. The standard InChI is InChI=1S/C14H21N5OS/c1-5-15-10(4)11-6-7-12(16-8-11)21-14-18-17-13(20)19(14)9(2)3/h6-10,15H,5H2,1-4H3,(H,17,20). The van der Waals surface area contributed by atoms with Crippen molar-refractivity contribution in [2.45, 2.75) is 50.0 Å². The first-order valence-electron chi connectivity index (χ1n) is 7.07. The van der Waals surface area contributed by atoms with Gasteiger partial charge in [0.15, 0.2) is 5.16 Å². The van der Waals surface area contributed by atoms with E-state index in [4.69, 9.17) is 0 Å². The van der Waals surface area contributed by atoms with E-state index in [1.807, 2.05) is 32.2 Å². The summed E-state index contributed by atoms with van der Waals surface area (Å²) in [6, 6.07) is 4.35. The Kier molecular flexibility index (Phi) is 5.19. The van der Waals surface area contributed by atoms with Gasteiger partial charge >= 0.3 is 5.69 Å². The number of hydrogen-bond acceptors (Lipinski definition) is 5. The lowest BCUT2D eigenvalue weighted by Gasteiger charge is -2.12. The van der Waals surface area contributed by atoms with E-state index in [9.17, 15) is 4.79 Å². The molecule has 1 atom stereocenters. The van der Waals surface area contributed by atoms with Gasteiger partial charge in [-0.2, -0.15) is 0 Å². The summed E-state index contributed by atoms with van der Waals surface area (Å²) < 4.78 is 1.63. The van der Waals surface area contributed by atoms with Gasteiger partial charge in [0, 0.05) is 18.3 Å². The smallest absolute Gasteiger partial charge is 0.310 e. The molecule has 7 heteroatoms. The largest absolute Gasteiger partial charge is 0.344 e. The van der Waals surface area contributed by atoms with Crippen LogP contribution >= 0.6 is 11.8 Å². The normalized spacial score (nSPS) is 12.8. The molecule has 0 aromatic carbocycles. The Morgan fingerprint density at radius 1 is 1.38 bits per heavy atom. The molecule has 0 radical (unpaired) electrons. The van der Waals surface area contributed by atoms with E-state index in [-0.39, 0.29) is 17.8 Å². The number of hydrogen-bond donors (Lipinski definition) is 2. The molecule has 2 heterocycles. The van der Waals surface area contributed by atoms with Crippen LogP contribution in [-0.4, -0.2) is 26.3 Å². The van der Waals surface area contributed by atoms with Crippen molar-refractivity contribution < 1.29 is 0 Å². The van der Waals surface area contributed by atoms with Gasteiger partial charge in [-0.3, -0.25) is 4.57 Å². The predicted octanol–water partition coefficient (Wildman–Crippen LogP) is 2.37. The third-order valence-electron chi connectivity index (χ3n) is 3.15. The van der Waals surface area contributed by atoms with Crippen LogP contribution in [0.25, 0.3) is 0 Å². The van der Waals surface area contributed by atoms with Gasteiger partial charge in [-0.05, 0) is 50.7 Å². The molecule has 0 bridgehead atoms. The van der Waals surface area contributed by atoms with Crippen molar-refractivity contribution in [2.75, 3.05) is 6.54 Å². The summed E-state index contributed by atoms with van der Waals surface area (Å²) in [4.78, 5) is 16.1. The minimum absolute atomic E-state index is 0.0619. The van der Waals surface area contributed by atoms with E-state index in [0.29, 0.717) is 5.16 Å². The summed E-state index contributed by atoms with van der Waals surface area (Å²) in [5, 5.41) is 11.3. The highest BCUT2D eigenvalue weighted by Crippen LogP contribution is 2.25. The van der Waals surface area contributed by atoms with Crippen LogP contribution in [0, 0.1) is 0 Å². The molecule has 1 unspecified atom stereocenters. The Morgan fingerprint density at radius 3 is 2.71 bits per heavy atom. The van der Waals surface area contributed by atoms with Crippen molar-refractivity contribution in [3.8, 4) is 0 Å². The van der Waals surface area contributed by atoms with Crippen LogP contribution in [0.1, 0.15) is 45.3 Å². The van der Waals surface area contributed by atoms with Crippen LogP contribution in [0.3, 0.4) is 0 Å². The number of aromatic nitrogens is 4. The van der Waals surface area contributed by atoms with Crippen LogP contribution in [0.2, 0.25) is 0 Å². The van der Waals surface area contributed by atoms with Gasteiger partial charge in [-0.25, -0.2) is 14.9 Å². The first-order valence-corrected chi connectivity index (χ1v) is 7.88. The van der Waals surface area contributed by atoms with Crippen molar-refractivity contribution in [3.05, 3.63) is 34.4 Å². The summed E-state index contributed by atoms with van der Waals surface area (Å²) in [6.07, 6.45) is 1.86. The van der Waals surface area contributed by atoms with Gasteiger partial charge in [0.05, 0.1) is 0 Å². The molecule has 0 spiro atoms. The van der Waals surface area contributed by atoms with Crippen LogP contribution in [0.4, 0.5) is 0 Å². The zero-order chi connectivity index (χ0) is 15.4. The maximum atomic E-state index is 11.7. The van der Waals surface area contributed by atoms with E-state index < -0.39 is 0 Å². The van der Waals surface area contributed by atoms with Gasteiger partial charge < -0.3 is 5.32 Å². The number of pyridine rings is 1. The van der Waals surface area contributed by atoms with Crippen molar-refractivity contribution in [2.24, 2.45) is 0 Å². The van der Waals surface area contributed by atoms with E-state index >= 15 is 0 Å². The fourth-order valence-electron chi connectivity index (χ4n) is 2.04. The summed E-state index contributed by atoms with van der Waals surface area (Å²) >= 11 is 1.39. The quantitative estimate of drug-likeness (QED) is 0.857. The van der Waals surface area contributed by atoms with Gasteiger partial charge in [0.1, 0.15) is 5.03 Å². The molecule has 114 valence electrons. The second kappa shape index (κ2) is 6.91. The van der Waals surface area contributed by atoms with Gasteiger partial charge in [0.2, 0.25) is 0 Å². The molecule has 0 amide bonds. The van der Waals surface area contributed by atoms with Crippen molar-refractivity contribution in [3.63, 3.8) is 0 Å². The van der Waals surface area contributed by atoms with Crippen molar-refractivity contribution in [1.82, 2.24) is 25.1 Å². The molecule has 2 rings (SSSR count). The molecular weight excluding hydrogens is 286 g/mol. The summed E-state index contributed by atoms with van der Waals surface area (Å²) in [5.41, 5.74) is 0.953. The Morgan fingerprint density at radius 2 is 2.14 bits per heavy atom. The van der Waals surface area contributed by atoms with Crippen molar-refractivity contribution >= 4 is 11.8 Å². The third-order valence-corrected chi connectivity index (χ3v) is 4.08. The Labute approximate surface area is 128 Å². The maximum absolute atomic E-state index is 11.7. The third kappa shape index (κ3) is 3.74. The lowest BCUT2D eigenvalue weighted by molar-refractivity contribution is 0.534. The summed E-state index contributed by atoms with van der Waals surface area (Å²) in [7, 11) is 0. The average Bonchev–Trinajstić information content (AvgIpc) is 2.81. The van der Waals surface area contributed by atoms with E-state index in [1.54, 1.807) is 4.57 Å². The van der Waals surface area contributed by atoms with Crippen LogP contribution < -0.4 is 11.0 Å². The molecule has 2 N–H and O–H groups in total. The lowest BCUT2D eigenvalue weighted by Crippen LogP contribution is -2.19. The Bertz CT molecular complexity index is 632. The maximum Gasteiger partial charge on any atom is 0.344 e. The number of nitrogens with one attached hydrogen (secondary N) is 2. The number of rotatable bonds is 6. The molecule has 21 heavy (non-hydrogen) atoms. The summed E-state index contributed by atoms with van der Waals surface area (Å²) in [6.45, 7) is 9.02. The fraction of sp³-hybridized carbons (Fsp3) is 0.500. The predicted molar refractivity (Wildman–Crippen MR) is 83.7 cm³/mol. The second-order valence-corrected chi connectivity index (χ2v) is 6.07. The monoisotopic (exact) mass is 307 g/mol. The van der Waals surface area contributed by atoms with Crippen LogP contribution in [0.5, 0.6) is 0 Å². The minimum Gasteiger partial charge on any atom is -0.310 e. The minimum atomic E-state index is -0.190. The number of H-pyrrole nitrogens is 1. The Hall–Kier alpha value is -1.60. The van der Waals surface area contributed by atoms with Crippen LogP contribution in [-0.2, 0) is 0 Å². The molecule has 2 aromatic rings. The molecule has 0 fully saturated rings. The topological polar surface area (TPSA) is 75.6 Å². The zero-order valence-corrected chi connectivity index (χ0v) is 13.6. The van der Waals surface area contributed by atoms with Gasteiger partial charge in [-0.1, -0.05) is 13.0 Å². The molecular formula is C14H21N5OS. The molecule has 0 aliphatic carbocycles. The highest BCUT2D eigenvalue weighted by molar-refractivity contribution is 7.99. The van der Waals surface area contributed by atoms with E-state index in [0.717, 1.165) is 17.1 Å². The molecule has 0 aliphatic heterocycles. The fourth-order valence-corrected chi connectivity index (χ4v) is 2.96. The van der Waals surface area contributed by atoms with Gasteiger partial charge in [0.25, 0.3) is 0 Å². The highest BCUT2D eigenvalue weighted by Gasteiger charge is 2.13.